The maximum absolute atomic E-state index is 2.63. The topological polar surface area (TPSA) is 0 Å². The lowest BCUT2D eigenvalue weighted by Crippen LogP contribution is -2.36. The Kier molecular flexibility index (Phi) is 4.00. The van der Waals surface area contributed by atoms with Crippen LogP contribution >= 0.6 is 7.92 Å². The van der Waals surface area contributed by atoms with E-state index in [2.05, 4.69) is 87.8 Å². The van der Waals surface area contributed by atoms with Gasteiger partial charge in [-0.3, -0.25) is 0 Å². The quantitative estimate of drug-likeness (QED) is 0.489. The van der Waals surface area contributed by atoms with E-state index in [9.17, 15) is 0 Å². The Morgan fingerprint density at radius 2 is 1.50 bits per heavy atom. The number of rotatable bonds is 3. The lowest BCUT2D eigenvalue weighted by Gasteiger charge is -2.31. The average molecular weight is 343 g/mol. The van der Waals surface area contributed by atoms with Crippen molar-refractivity contribution in [1.82, 2.24) is 0 Å². The van der Waals surface area contributed by atoms with Gasteiger partial charge < -0.3 is 0 Å². The van der Waals surface area contributed by atoms with Crippen molar-refractivity contribution in [1.29, 1.82) is 0 Å². The molecule has 0 amide bonds. The van der Waals surface area contributed by atoms with Gasteiger partial charge in [0.25, 0.3) is 0 Å². The zero-order chi connectivity index (χ0) is 16.1. The lowest BCUT2D eigenvalue weighted by molar-refractivity contribution is 1.43. The van der Waals surface area contributed by atoms with Gasteiger partial charge in [0.05, 0.1) is 16.1 Å². The van der Waals surface area contributed by atoms with Crippen LogP contribution in [0.4, 0.5) is 0 Å². The predicted octanol–water partition coefficient (Wildman–Crippen LogP) is 5.68. The highest BCUT2D eigenvalue weighted by Crippen LogP contribution is 2.62. The van der Waals surface area contributed by atoms with Gasteiger partial charge in [0.15, 0.2) is 0 Å². The predicted molar refractivity (Wildman–Crippen MR) is 108 cm³/mol. The van der Waals surface area contributed by atoms with Crippen molar-refractivity contribution in [2.24, 2.45) is 0 Å². The van der Waals surface area contributed by atoms with Crippen LogP contribution in [0.2, 0.25) is 39.3 Å². The number of fused-ring (bicyclic) bond motifs is 1. The molecule has 2 unspecified atom stereocenters. The van der Waals surface area contributed by atoms with Gasteiger partial charge >= 0.3 is 0 Å². The lowest BCUT2D eigenvalue weighted by atomic mass is 10.3. The van der Waals surface area contributed by atoms with Gasteiger partial charge in [-0.25, -0.2) is 0 Å². The number of hydrogen-bond acceptors (Lipinski definition) is 0. The molecule has 2 atom stereocenters. The number of allylic oxidation sites excluding steroid dienone is 6. The van der Waals surface area contributed by atoms with Gasteiger partial charge in [0.2, 0.25) is 0 Å². The molecule has 3 heteroatoms. The summed E-state index contributed by atoms with van der Waals surface area (Å²) in [6, 6.07) is 11.3. The minimum absolute atomic E-state index is 0.205. The molecule has 0 saturated carbocycles. The highest BCUT2D eigenvalue weighted by molar-refractivity contribution is 7.73. The molecular weight excluding hydrogens is 315 g/mol. The van der Waals surface area contributed by atoms with E-state index < -0.39 is 16.1 Å². The molecule has 0 saturated heterocycles. The standard InChI is InChI=1S/C19H27PSi2/c1-21(2,3)17-12-15-13-19(22(4,5)6)20(18(15)14-17)16-10-8-7-9-11-16/h7-14,19H,1-6H3. The van der Waals surface area contributed by atoms with E-state index in [-0.39, 0.29) is 7.92 Å². The molecule has 3 rings (SSSR count). The van der Waals surface area contributed by atoms with Crippen LogP contribution in [0.25, 0.3) is 0 Å². The maximum atomic E-state index is 2.63. The minimum Gasteiger partial charge on any atom is -0.0713 e. The van der Waals surface area contributed by atoms with Gasteiger partial charge in [-0.05, 0) is 24.1 Å². The van der Waals surface area contributed by atoms with E-state index >= 15 is 0 Å². The zero-order valence-electron chi connectivity index (χ0n) is 14.6. The van der Waals surface area contributed by atoms with Crippen molar-refractivity contribution in [2.75, 3.05) is 0 Å². The first-order valence-electron chi connectivity index (χ1n) is 8.18. The van der Waals surface area contributed by atoms with Crippen molar-refractivity contribution < 1.29 is 0 Å². The van der Waals surface area contributed by atoms with Gasteiger partial charge in [-0.15, -0.1) is 0 Å². The van der Waals surface area contributed by atoms with Crippen LogP contribution in [0, 0.1) is 0 Å². The summed E-state index contributed by atoms with van der Waals surface area (Å²) in [5.41, 5.74) is 1.56. The first-order valence-corrected chi connectivity index (χ1v) is 16.7. The second-order valence-electron chi connectivity index (χ2n) is 8.52. The molecule has 1 aromatic rings. The van der Waals surface area contributed by atoms with Crippen LogP contribution in [-0.4, -0.2) is 21.4 Å². The third kappa shape index (κ3) is 2.89. The molecule has 0 aromatic heterocycles. The fourth-order valence-corrected chi connectivity index (χ4v) is 11.5. The third-order valence-electron chi connectivity index (χ3n) is 4.56. The van der Waals surface area contributed by atoms with Crippen LogP contribution in [0.15, 0.2) is 64.6 Å². The van der Waals surface area contributed by atoms with Gasteiger partial charge in [-0.1, -0.05) is 93.0 Å². The molecule has 1 aromatic carbocycles. The van der Waals surface area contributed by atoms with Crippen LogP contribution in [0.5, 0.6) is 0 Å². The molecule has 0 fully saturated rings. The Morgan fingerprint density at radius 3 is 2.05 bits per heavy atom. The van der Waals surface area contributed by atoms with Crippen molar-refractivity contribution in [2.45, 2.75) is 44.6 Å². The second kappa shape index (κ2) is 5.44. The van der Waals surface area contributed by atoms with Crippen molar-refractivity contribution >= 4 is 29.4 Å². The molecule has 0 N–H and O–H groups in total. The molecule has 0 radical (unpaired) electrons. The van der Waals surface area contributed by atoms with E-state index in [0.717, 1.165) is 5.28 Å². The summed E-state index contributed by atoms with van der Waals surface area (Å²) in [5, 5.41) is 5.63. The molecule has 2 aliphatic rings. The summed E-state index contributed by atoms with van der Waals surface area (Å²) in [5.74, 6) is 0. The van der Waals surface area contributed by atoms with Crippen LogP contribution in [0.3, 0.4) is 0 Å². The van der Waals surface area contributed by atoms with Crippen LogP contribution < -0.4 is 5.30 Å². The van der Waals surface area contributed by atoms with Crippen LogP contribution in [0.1, 0.15) is 0 Å². The summed E-state index contributed by atoms with van der Waals surface area (Å²) in [6.45, 7) is 14.9. The first kappa shape index (κ1) is 16.2. The average Bonchev–Trinajstić information content (AvgIpc) is 2.95. The molecule has 0 nitrogen and oxygen atoms in total. The Labute approximate surface area is 138 Å². The van der Waals surface area contributed by atoms with Crippen molar-refractivity contribution in [3.8, 4) is 0 Å². The van der Waals surface area contributed by atoms with E-state index in [1.54, 1.807) is 21.4 Å². The van der Waals surface area contributed by atoms with E-state index in [0.29, 0.717) is 0 Å². The molecular formula is C19H27PSi2. The van der Waals surface area contributed by atoms with E-state index in [4.69, 9.17) is 0 Å². The summed E-state index contributed by atoms with van der Waals surface area (Å²) in [6.07, 6.45) is 7.71. The number of hydrogen-bond donors (Lipinski definition) is 0. The third-order valence-corrected chi connectivity index (χ3v) is 14.1. The Hall–Kier alpha value is -0.696. The Morgan fingerprint density at radius 1 is 0.864 bits per heavy atom. The molecule has 116 valence electrons. The molecule has 0 spiro atoms. The Bertz CT molecular complexity index is 670. The highest BCUT2D eigenvalue weighted by atomic mass is 31.1. The monoisotopic (exact) mass is 342 g/mol. The summed E-state index contributed by atoms with van der Waals surface area (Å²) in [4.78, 5) is 0. The summed E-state index contributed by atoms with van der Waals surface area (Å²) >= 11 is 0. The zero-order valence-corrected chi connectivity index (χ0v) is 17.5. The molecule has 22 heavy (non-hydrogen) atoms. The van der Waals surface area contributed by atoms with Crippen LogP contribution in [-0.2, 0) is 0 Å². The second-order valence-corrected chi connectivity index (χ2v) is 21.7. The highest BCUT2D eigenvalue weighted by Gasteiger charge is 2.42. The summed E-state index contributed by atoms with van der Waals surface area (Å²) in [7, 11) is -2.64. The molecule has 1 aliphatic carbocycles. The van der Waals surface area contributed by atoms with Gasteiger partial charge in [0, 0.05) is 5.28 Å². The SMILES string of the molecule is C[Si](C)(C)C1=CC2=CC([Si](C)(C)C)P(c3ccccc3)C2=C1. The largest absolute Gasteiger partial charge is 0.0776 e. The normalized spacial score (nSPS) is 24.7. The van der Waals surface area contributed by atoms with E-state index in [1.165, 1.54) is 0 Å². The van der Waals surface area contributed by atoms with Crippen molar-refractivity contribution in [3.63, 3.8) is 0 Å². The minimum atomic E-state index is -1.22. The fraction of sp³-hybridized carbons (Fsp3) is 0.368. The maximum Gasteiger partial charge on any atom is 0.0776 e. The molecule has 0 bridgehead atoms. The van der Waals surface area contributed by atoms with E-state index in [1.807, 2.05) is 0 Å². The van der Waals surface area contributed by atoms with Gasteiger partial charge in [-0.2, -0.15) is 0 Å². The summed E-state index contributed by atoms with van der Waals surface area (Å²) < 4.78 is 0. The molecule has 1 aliphatic heterocycles. The fourth-order valence-electron chi connectivity index (χ4n) is 3.21. The smallest absolute Gasteiger partial charge is 0.0713 e. The first-order chi connectivity index (χ1) is 10.2. The Balaban J connectivity index is 2.08. The molecule has 1 heterocycles. The van der Waals surface area contributed by atoms with Gasteiger partial charge in [0.1, 0.15) is 0 Å². The number of benzene rings is 1. The van der Waals surface area contributed by atoms with Crippen molar-refractivity contribution in [3.05, 3.63) is 64.6 Å².